The van der Waals surface area contributed by atoms with Crippen LogP contribution in [0.1, 0.15) is 63.6 Å². The van der Waals surface area contributed by atoms with E-state index in [1.54, 1.807) is 11.8 Å². The third-order valence-electron chi connectivity index (χ3n) is 6.55. The predicted octanol–water partition coefficient (Wildman–Crippen LogP) is 6.53. The smallest absolute Gasteiger partial charge is 0.242 e. The molecular weight excluding hydrogens is 500 g/mol. The van der Waals surface area contributed by atoms with Crippen LogP contribution < -0.4 is 16.0 Å². The second-order valence-electron chi connectivity index (χ2n) is 11.6. The van der Waals surface area contributed by atoms with Crippen LogP contribution in [-0.2, 0) is 26.3 Å². The molecule has 1 amide bonds. The average Bonchev–Trinajstić information content (AvgIpc) is 3.47. The monoisotopic (exact) mass is 538 g/mol. The number of aromatic hydroxyl groups is 1. The quantitative estimate of drug-likeness (QED) is 0.269. The number of allylic oxidation sites excluding steroid dienone is 2. The standard InChI is InChI=1S/C29H38N4O2S2/c1-28(2,3)22-14-20(15-23(25(22)34)29(4,5)6)32-26(35)24-17-36-27(33-24)18-9-11-19(12-10-18)31-16-21-8-7-13-37(21)30/h7-15,24,27,30-31,33-34H,16-17H2,1-6H3,(H,32,35)/t24-,27-,37+/m0/s1. The fraction of sp³-hybridized carbons (Fsp3) is 0.414. The number of phenolic OH excluding ortho intramolecular Hbond substituents is 1. The van der Waals surface area contributed by atoms with E-state index in [1.807, 2.05) is 29.7 Å². The lowest BCUT2D eigenvalue weighted by molar-refractivity contribution is -0.117. The number of hydrogen-bond donors (Lipinski definition) is 5. The molecule has 3 atom stereocenters. The SMILES string of the molecule is CC(C)(C)c1cc(NC(=O)[C@@H]2CS[C@@H](c3ccc(NCC4=CC=C[S@]4=N)cc3)N2)cc(C(C)(C)C)c1O. The van der Waals surface area contributed by atoms with Crippen LogP contribution in [0.5, 0.6) is 5.75 Å². The minimum atomic E-state index is -0.523. The van der Waals surface area contributed by atoms with Crippen LogP contribution in [0.15, 0.2) is 58.9 Å². The maximum atomic E-state index is 13.2. The van der Waals surface area contributed by atoms with Gasteiger partial charge in [0, 0.05) is 39.7 Å². The van der Waals surface area contributed by atoms with Crippen LogP contribution in [-0.4, -0.2) is 29.4 Å². The number of phenols is 1. The summed E-state index contributed by atoms with van der Waals surface area (Å²) in [6, 6.07) is 11.8. The third kappa shape index (κ3) is 6.48. The van der Waals surface area contributed by atoms with Crippen molar-refractivity contribution in [2.45, 2.75) is 63.8 Å². The first-order chi connectivity index (χ1) is 17.3. The van der Waals surface area contributed by atoms with Gasteiger partial charge < -0.3 is 15.7 Å². The molecule has 2 heterocycles. The van der Waals surface area contributed by atoms with Gasteiger partial charge in [0.15, 0.2) is 0 Å². The number of carbonyl (C=O) groups is 1. The van der Waals surface area contributed by atoms with E-state index < -0.39 is 10.7 Å². The third-order valence-corrected chi connectivity index (χ3v) is 9.09. The molecule has 2 aliphatic rings. The van der Waals surface area contributed by atoms with Gasteiger partial charge in [0.2, 0.25) is 5.91 Å². The van der Waals surface area contributed by atoms with E-state index in [0.29, 0.717) is 23.7 Å². The van der Waals surface area contributed by atoms with Crippen molar-refractivity contribution < 1.29 is 9.90 Å². The highest BCUT2D eigenvalue weighted by Gasteiger charge is 2.32. The van der Waals surface area contributed by atoms with Crippen molar-refractivity contribution >= 4 is 39.7 Å². The van der Waals surface area contributed by atoms with Crippen molar-refractivity contribution in [3.8, 4) is 5.75 Å². The summed E-state index contributed by atoms with van der Waals surface area (Å²) in [5, 5.41) is 22.9. The molecule has 0 spiro atoms. The van der Waals surface area contributed by atoms with Gasteiger partial charge in [-0.2, -0.15) is 0 Å². The molecule has 8 heteroatoms. The van der Waals surface area contributed by atoms with Crippen LogP contribution >= 0.6 is 11.8 Å². The molecular formula is C29H38N4O2S2. The van der Waals surface area contributed by atoms with Crippen molar-refractivity contribution in [2.24, 2.45) is 0 Å². The Hall–Kier alpha value is -2.55. The van der Waals surface area contributed by atoms with E-state index in [-0.39, 0.29) is 28.2 Å². The van der Waals surface area contributed by atoms with Gasteiger partial charge in [-0.05, 0) is 52.1 Å². The Morgan fingerprint density at radius 2 is 1.70 bits per heavy atom. The molecule has 4 rings (SSSR count). The summed E-state index contributed by atoms with van der Waals surface area (Å²) < 4.78 is 7.99. The Bertz CT molecular complexity index is 1220. The molecule has 0 aliphatic carbocycles. The van der Waals surface area contributed by atoms with E-state index >= 15 is 0 Å². The van der Waals surface area contributed by atoms with Crippen molar-refractivity contribution in [3.05, 3.63) is 75.6 Å². The lowest BCUT2D eigenvalue weighted by Crippen LogP contribution is -2.38. The molecule has 0 bridgehead atoms. The van der Waals surface area contributed by atoms with Crippen LogP contribution in [0.2, 0.25) is 0 Å². The number of nitrogens with one attached hydrogen (secondary N) is 4. The molecule has 6 nitrogen and oxygen atoms in total. The predicted molar refractivity (Wildman–Crippen MR) is 158 cm³/mol. The van der Waals surface area contributed by atoms with Crippen molar-refractivity contribution in [1.29, 1.82) is 4.78 Å². The Kier molecular flexibility index (Phi) is 7.93. The van der Waals surface area contributed by atoms with E-state index in [9.17, 15) is 9.90 Å². The molecule has 198 valence electrons. The fourth-order valence-corrected chi connectivity index (χ4v) is 6.49. The number of carbonyl (C=O) groups excluding carboxylic acids is 1. The van der Waals surface area contributed by atoms with Crippen LogP contribution in [0.3, 0.4) is 0 Å². The molecule has 0 aromatic heterocycles. The van der Waals surface area contributed by atoms with Gasteiger partial charge in [0.25, 0.3) is 0 Å². The average molecular weight is 539 g/mol. The zero-order valence-electron chi connectivity index (χ0n) is 22.4. The normalized spacial score (nSPS) is 21.7. The summed E-state index contributed by atoms with van der Waals surface area (Å²) in [4.78, 5) is 14.3. The summed E-state index contributed by atoms with van der Waals surface area (Å²) in [5.41, 5.74) is 4.00. The summed E-state index contributed by atoms with van der Waals surface area (Å²) in [6.45, 7) is 13.1. The van der Waals surface area contributed by atoms with Gasteiger partial charge in [-0.15, -0.1) is 11.8 Å². The largest absolute Gasteiger partial charge is 0.507 e. The minimum Gasteiger partial charge on any atom is -0.507 e. The number of benzene rings is 2. The first-order valence-corrected chi connectivity index (χ1v) is 14.9. The number of amides is 1. The molecule has 0 radical (unpaired) electrons. The van der Waals surface area contributed by atoms with E-state index in [2.05, 4.69) is 81.8 Å². The zero-order valence-corrected chi connectivity index (χ0v) is 24.1. The molecule has 1 saturated heterocycles. The highest BCUT2D eigenvalue weighted by atomic mass is 32.2. The maximum Gasteiger partial charge on any atom is 0.242 e. The van der Waals surface area contributed by atoms with E-state index in [4.69, 9.17) is 4.78 Å². The van der Waals surface area contributed by atoms with Gasteiger partial charge in [-0.3, -0.25) is 14.9 Å². The van der Waals surface area contributed by atoms with Crippen molar-refractivity contribution in [1.82, 2.24) is 5.32 Å². The fourth-order valence-electron chi connectivity index (χ4n) is 4.38. The Balaban J connectivity index is 1.40. The van der Waals surface area contributed by atoms with Gasteiger partial charge in [0.05, 0.1) is 11.4 Å². The van der Waals surface area contributed by atoms with E-state index in [0.717, 1.165) is 27.3 Å². The summed E-state index contributed by atoms with van der Waals surface area (Å²) in [7, 11) is -0.523. The molecule has 2 aromatic carbocycles. The molecule has 5 N–H and O–H groups in total. The second-order valence-corrected chi connectivity index (χ2v) is 14.2. The first kappa shape index (κ1) is 27.5. The molecule has 37 heavy (non-hydrogen) atoms. The van der Waals surface area contributed by atoms with Crippen LogP contribution in [0, 0.1) is 4.78 Å². The van der Waals surface area contributed by atoms with Crippen LogP contribution in [0.25, 0.3) is 0 Å². The number of rotatable bonds is 6. The first-order valence-electron chi connectivity index (χ1n) is 12.5. The Morgan fingerprint density at radius 3 is 2.24 bits per heavy atom. The van der Waals surface area contributed by atoms with Gasteiger partial charge in [-0.25, -0.2) is 0 Å². The van der Waals surface area contributed by atoms with Crippen molar-refractivity contribution in [2.75, 3.05) is 22.9 Å². The number of thioether (sulfide) groups is 1. The summed E-state index contributed by atoms with van der Waals surface area (Å²) in [5.74, 6) is 0.921. The zero-order chi connectivity index (χ0) is 27.0. The second kappa shape index (κ2) is 10.7. The highest BCUT2D eigenvalue weighted by molar-refractivity contribution is 7.99. The molecule has 0 saturated carbocycles. The minimum absolute atomic E-state index is 0.0423. The lowest BCUT2D eigenvalue weighted by Gasteiger charge is -2.28. The maximum absolute atomic E-state index is 13.2. The summed E-state index contributed by atoms with van der Waals surface area (Å²) in [6.07, 6.45) is 3.95. The van der Waals surface area contributed by atoms with Gasteiger partial charge >= 0.3 is 0 Å². The topological polar surface area (TPSA) is 97.2 Å². The number of anilines is 2. The molecule has 0 unspecified atom stereocenters. The Labute approximate surface area is 227 Å². The van der Waals surface area contributed by atoms with Gasteiger partial charge in [-0.1, -0.05) is 70.4 Å². The lowest BCUT2D eigenvalue weighted by atomic mass is 9.79. The number of hydrogen-bond acceptors (Lipinski definition) is 6. The summed E-state index contributed by atoms with van der Waals surface area (Å²) >= 11 is 1.73. The van der Waals surface area contributed by atoms with Crippen LogP contribution in [0.4, 0.5) is 11.4 Å². The van der Waals surface area contributed by atoms with E-state index in [1.165, 1.54) is 0 Å². The van der Waals surface area contributed by atoms with Gasteiger partial charge in [0.1, 0.15) is 5.75 Å². The molecule has 2 aromatic rings. The Morgan fingerprint density at radius 1 is 1.08 bits per heavy atom. The molecule has 2 aliphatic heterocycles. The van der Waals surface area contributed by atoms with Crippen molar-refractivity contribution in [3.63, 3.8) is 0 Å². The molecule has 1 fully saturated rings. The highest BCUT2D eigenvalue weighted by Crippen LogP contribution is 2.41.